The lowest BCUT2D eigenvalue weighted by Crippen LogP contribution is -2.25. The average molecular weight is 307 g/mol. The Morgan fingerprint density at radius 2 is 2.21 bits per heavy atom. The number of likely N-dealkylation sites (tertiary alicyclic amines) is 1. The van der Waals surface area contributed by atoms with Crippen molar-refractivity contribution in [2.75, 3.05) is 12.3 Å². The van der Waals surface area contributed by atoms with Crippen LogP contribution in [-0.2, 0) is 21.6 Å². The fourth-order valence-electron chi connectivity index (χ4n) is 2.12. The number of carbonyl (C=O) groups is 1. The molecule has 0 aromatic carbocycles. The lowest BCUT2D eigenvalue weighted by molar-refractivity contribution is -0.128. The van der Waals surface area contributed by atoms with E-state index in [4.69, 9.17) is 11.6 Å². The predicted octanol–water partition coefficient (Wildman–Crippen LogP) is 1.38. The van der Waals surface area contributed by atoms with Crippen molar-refractivity contribution >= 4 is 27.7 Å². The van der Waals surface area contributed by atoms with E-state index in [-0.39, 0.29) is 18.9 Å². The molecule has 1 aliphatic heterocycles. The molecule has 0 N–H and O–H groups in total. The van der Waals surface area contributed by atoms with Crippen molar-refractivity contribution in [1.82, 2.24) is 9.88 Å². The largest absolute Gasteiger partial charge is 0.338 e. The molecule has 0 saturated carbocycles. The summed E-state index contributed by atoms with van der Waals surface area (Å²) >= 11 is 5.65. The van der Waals surface area contributed by atoms with Gasteiger partial charge in [0.25, 0.3) is 0 Å². The summed E-state index contributed by atoms with van der Waals surface area (Å²) in [4.78, 5) is 17.1. The second-order valence-corrected chi connectivity index (χ2v) is 6.34. The Balaban J connectivity index is 1.98. The predicted molar refractivity (Wildman–Crippen MR) is 67.7 cm³/mol. The van der Waals surface area contributed by atoms with Crippen molar-refractivity contribution in [2.45, 2.75) is 13.0 Å². The summed E-state index contributed by atoms with van der Waals surface area (Å²) in [6.45, 7) is 0.566. The molecular weight excluding hydrogens is 295 g/mol. The molecule has 1 fully saturated rings. The van der Waals surface area contributed by atoms with Crippen molar-refractivity contribution in [3.63, 3.8) is 0 Å². The highest BCUT2D eigenvalue weighted by Gasteiger charge is 2.32. The first kappa shape index (κ1) is 14.2. The number of hydrogen-bond acceptors (Lipinski definition) is 4. The standard InChI is InChI=1S/C11H12ClFN2O3S/c12-10-2-1-8(4-14-10)5-15-6-9(3-11(15)16)7-19(13,17)18/h1-2,4,9H,3,5-7H2. The summed E-state index contributed by atoms with van der Waals surface area (Å²) in [6, 6.07) is 3.35. The lowest BCUT2D eigenvalue weighted by Gasteiger charge is -2.16. The molecule has 0 aliphatic carbocycles. The number of hydrogen-bond donors (Lipinski definition) is 0. The Morgan fingerprint density at radius 1 is 1.47 bits per heavy atom. The van der Waals surface area contributed by atoms with Gasteiger partial charge in [0.15, 0.2) is 0 Å². The molecule has 2 rings (SSSR count). The van der Waals surface area contributed by atoms with Crippen LogP contribution in [0.3, 0.4) is 0 Å². The second kappa shape index (κ2) is 5.42. The quantitative estimate of drug-likeness (QED) is 0.622. The van der Waals surface area contributed by atoms with Crippen LogP contribution in [0.2, 0.25) is 5.15 Å². The smallest absolute Gasteiger partial charge is 0.302 e. The van der Waals surface area contributed by atoms with E-state index < -0.39 is 21.9 Å². The minimum Gasteiger partial charge on any atom is -0.338 e. The van der Waals surface area contributed by atoms with E-state index in [0.717, 1.165) is 5.56 Å². The first-order valence-corrected chi connectivity index (χ1v) is 7.57. The van der Waals surface area contributed by atoms with Crippen LogP contribution in [0.4, 0.5) is 3.89 Å². The zero-order valence-electron chi connectivity index (χ0n) is 9.92. The summed E-state index contributed by atoms with van der Waals surface area (Å²) in [5, 5.41) is 0.359. The maximum atomic E-state index is 12.6. The van der Waals surface area contributed by atoms with E-state index in [9.17, 15) is 17.1 Å². The van der Waals surface area contributed by atoms with Gasteiger partial charge in [-0.2, -0.15) is 8.42 Å². The molecule has 1 aromatic heterocycles. The van der Waals surface area contributed by atoms with Crippen LogP contribution in [0, 0.1) is 5.92 Å². The molecule has 1 unspecified atom stereocenters. The molecule has 104 valence electrons. The Hall–Kier alpha value is -1.21. The van der Waals surface area contributed by atoms with Gasteiger partial charge in [0, 0.05) is 31.6 Å². The van der Waals surface area contributed by atoms with E-state index >= 15 is 0 Å². The van der Waals surface area contributed by atoms with Gasteiger partial charge in [0.2, 0.25) is 5.91 Å². The van der Waals surface area contributed by atoms with Gasteiger partial charge in [0.05, 0.1) is 5.75 Å². The van der Waals surface area contributed by atoms with E-state index in [1.807, 2.05) is 0 Å². The molecule has 1 saturated heterocycles. The first-order chi connectivity index (χ1) is 8.83. The Labute approximate surface area is 115 Å². The van der Waals surface area contributed by atoms with Gasteiger partial charge in [-0.05, 0) is 11.6 Å². The molecule has 0 bridgehead atoms. The molecule has 0 spiro atoms. The van der Waals surface area contributed by atoms with Gasteiger partial charge in [-0.3, -0.25) is 4.79 Å². The molecule has 1 aliphatic rings. The zero-order chi connectivity index (χ0) is 14.0. The van der Waals surface area contributed by atoms with Crippen LogP contribution in [0.25, 0.3) is 0 Å². The molecule has 0 radical (unpaired) electrons. The van der Waals surface area contributed by atoms with Crippen LogP contribution < -0.4 is 0 Å². The van der Waals surface area contributed by atoms with Gasteiger partial charge in [-0.15, -0.1) is 3.89 Å². The van der Waals surface area contributed by atoms with Crippen LogP contribution in [0.15, 0.2) is 18.3 Å². The molecule has 5 nitrogen and oxygen atoms in total. The Bertz CT molecular complexity index is 576. The number of nitrogens with zero attached hydrogens (tertiary/aromatic N) is 2. The van der Waals surface area contributed by atoms with Crippen molar-refractivity contribution in [3.8, 4) is 0 Å². The SMILES string of the molecule is O=C1CC(CS(=O)(=O)F)CN1Cc1ccc(Cl)nc1. The first-order valence-electron chi connectivity index (χ1n) is 5.64. The lowest BCUT2D eigenvalue weighted by atomic mass is 10.1. The fraction of sp³-hybridized carbons (Fsp3) is 0.455. The van der Waals surface area contributed by atoms with Crippen molar-refractivity contribution in [2.24, 2.45) is 5.92 Å². The van der Waals surface area contributed by atoms with Gasteiger partial charge >= 0.3 is 10.2 Å². The van der Waals surface area contributed by atoms with Crippen LogP contribution >= 0.6 is 11.6 Å². The molecule has 2 heterocycles. The maximum absolute atomic E-state index is 12.6. The van der Waals surface area contributed by atoms with Gasteiger partial charge in [-0.25, -0.2) is 4.98 Å². The summed E-state index contributed by atoms with van der Waals surface area (Å²) < 4.78 is 33.7. The van der Waals surface area contributed by atoms with Crippen molar-refractivity contribution in [1.29, 1.82) is 0 Å². The topological polar surface area (TPSA) is 67.3 Å². The molecular formula is C11H12ClFN2O3S. The number of rotatable bonds is 4. The van der Waals surface area contributed by atoms with E-state index in [2.05, 4.69) is 4.98 Å². The summed E-state index contributed by atoms with van der Waals surface area (Å²) in [5.41, 5.74) is 0.793. The molecule has 8 heteroatoms. The van der Waals surface area contributed by atoms with Crippen LogP contribution in [0.5, 0.6) is 0 Å². The Morgan fingerprint density at radius 3 is 2.79 bits per heavy atom. The zero-order valence-corrected chi connectivity index (χ0v) is 11.5. The molecule has 1 atom stereocenters. The van der Waals surface area contributed by atoms with Crippen LogP contribution in [-0.4, -0.2) is 36.5 Å². The average Bonchev–Trinajstić information content (AvgIpc) is 2.60. The van der Waals surface area contributed by atoms with Crippen LogP contribution in [0.1, 0.15) is 12.0 Å². The van der Waals surface area contributed by atoms with Gasteiger partial charge in [-0.1, -0.05) is 17.7 Å². The number of amides is 1. The maximum Gasteiger partial charge on any atom is 0.302 e. The number of halogens is 2. The third kappa shape index (κ3) is 4.14. The monoisotopic (exact) mass is 306 g/mol. The van der Waals surface area contributed by atoms with E-state index in [1.165, 1.54) is 4.90 Å². The van der Waals surface area contributed by atoms with E-state index in [1.54, 1.807) is 18.3 Å². The van der Waals surface area contributed by atoms with Gasteiger partial charge in [0.1, 0.15) is 5.15 Å². The number of pyridine rings is 1. The molecule has 1 aromatic rings. The second-order valence-electron chi connectivity index (χ2n) is 4.54. The number of aromatic nitrogens is 1. The third-order valence-corrected chi connectivity index (χ3v) is 3.98. The van der Waals surface area contributed by atoms with E-state index in [0.29, 0.717) is 11.7 Å². The summed E-state index contributed by atoms with van der Waals surface area (Å²) in [7, 11) is -4.54. The van der Waals surface area contributed by atoms with Gasteiger partial charge < -0.3 is 4.90 Å². The summed E-state index contributed by atoms with van der Waals surface area (Å²) in [6.07, 6.45) is 1.61. The summed E-state index contributed by atoms with van der Waals surface area (Å²) in [5.74, 6) is -1.26. The molecule has 19 heavy (non-hydrogen) atoms. The highest BCUT2D eigenvalue weighted by molar-refractivity contribution is 7.86. The normalized spacial score (nSPS) is 20.0. The minimum atomic E-state index is -4.54. The minimum absolute atomic E-state index is 0.0597. The molecule has 1 amide bonds. The van der Waals surface area contributed by atoms with Crippen molar-refractivity contribution < 1.29 is 17.1 Å². The Kier molecular flexibility index (Phi) is 4.05. The van der Waals surface area contributed by atoms with Crippen molar-refractivity contribution in [3.05, 3.63) is 29.0 Å². The highest BCUT2D eigenvalue weighted by atomic mass is 35.5. The number of carbonyl (C=O) groups excluding carboxylic acids is 1. The fourth-order valence-corrected chi connectivity index (χ4v) is 3.02. The highest BCUT2D eigenvalue weighted by Crippen LogP contribution is 2.22. The third-order valence-electron chi connectivity index (χ3n) is 2.89.